The summed E-state index contributed by atoms with van der Waals surface area (Å²) in [7, 11) is 0. The molecule has 0 unspecified atom stereocenters. The first-order chi connectivity index (χ1) is 12.8. The van der Waals surface area contributed by atoms with Crippen molar-refractivity contribution in [2.45, 2.75) is 142 Å². The third kappa shape index (κ3) is 38.4. The molecule has 3 heteroatoms. The van der Waals surface area contributed by atoms with E-state index in [1.165, 1.54) is 128 Å². The molecule has 0 aliphatic heterocycles. The summed E-state index contributed by atoms with van der Waals surface area (Å²) in [6.45, 7) is 4.55. The van der Waals surface area contributed by atoms with Crippen molar-refractivity contribution in [1.29, 1.82) is 0 Å². The van der Waals surface area contributed by atoms with Crippen molar-refractivity contribution >= 4 is 25.3 Å². The van der Waals surface area contributed by atoms with Gasteiger partial charge >= 0.3 is 17.1 Å². The number of hydrogen-bond donors (Lipinski definition) is 0. The summed E-state index contributed by atoms with van der Waals surface area (Å²) >= 11 is 9.80. The summed E-state index contributed by atoms with van der Waals surface area (Å²) in [4.78, 5) is 0. The van der Waals surface area contributed by atoms with Crippen LogP contribution in [0.4, 0.5) is 0 Å². The molecule has 0 aliphatic carbocycles. The molecule has 0 aliphatic rings. The second-order valence-corrected chi connectivity index (χ2v) is 8.59. The second kappa shape index (κ2) is 34.7. The van der Waals surface area contributed by atoms with Gasteiger partial charge in [0.1, 0.15) is 0 Å². The molecule has 0 fully saturated rings. The molecule has 0 N–H and O–H groups in total. The molecule has 0 nitrogen and oxygen atoms in total. The number of unbranched alkanes of at least 4 members (excludes halogenated alkanes) is 18. The van der Waals surface area contributed by atoms with Gasteiger partial charge in [0.2, 0.25) is 0 Å². The van der Waals surface area contributed by atoms with Gasteiger partial charge < -0.3 is 25.3 Å². The number of hydrogen-bond acceptors (Lipinski definition) is 2. The van der Waals surface area contributed by atoms with Crippen molar-refractivity contribution in [2.24, 2.45) is 0 Å². The van der Waals surface area contributed by atoms with Gasteiger partial charge in [-0.15, -0.1) is 0 Å². The Morgan fingerprint density at radius 1 is 0.333 bits per heavy atom. The van der Waals surface area contributed by atoms with Crippen LogP contribution in [0, 0.1) is 0 Å². The summed E-state index contributed by atoms with van der Waals surface area (Å²) in [6, 6.07) is 0. The van der Waals surface area contributed by atoms with E-state index >= 15 is 0 Å². The van der Waals surface area contributed by atoms with E-state index in [4.69, 9.17) is 25.3 Å². The fraction of sp³-hybridized carbons (Fsp3) is 1.00. The van der Waals surface area contributed by atoms with Crippen LogP contribution in [-0.4, -0.2) is 11.5 Å². The predicted octanol–water partition coefficient (Wildman–Crippen LogP) is 8.91. The van der Waals surface area contributed by atoms with E-state index in [1.807, 2.05) is 0 Å². The van der Waals surface area contributed by atoms with E-state index in [1.54, 1.807) is 0 Å². The molecule has 0 aromatic heterocycles. The summed E-state index contributed by atoms with van der Waals surface area (Å²) in [6.07, 6.45) is 28.1. The van der Waals surface area contributed by atoms with E-state index in [0.29, 0.717) is 0 Å². The van der Waals surface area contributed by atoms with Gasteiger partial charge in [-0.3, -0.25) is 0 Å². The molecule has 0 aromatic carbocycles. The van der Waals surface area contributed by atoms with Crippen LogP contribution in [-0.2, 0) is 42.3 Å². The van der Waals surface area contributed by atoms with Crippen LogP contribution in [0.3, 0.4) is 0 Å². The molecule has 0 rings (SSSR count). The average Bonchev–Trinajstić information content (AvgIpc) is 2.66. The molecular formula is C24H50FeS2. The van der Waals surface area contributed by atoms with E-state index in [0.717, 1.165) is 11.5 Å². The zero-order chi connectivity index (χ0) is 19.6. The quantitative estimate of drug-likeness (QED) is 0.101. The van der Waals surface area contributed by atoms with Crippen LogP contribution in [0.2, 0.25) is 0 Å². The van der Waals surface area contributed by atoms with Crippen LogP contribution in [0.25, 0.3) is 0 Å². The molecule has 0 amide bonds. The molecule has 0 heterocycles. The van der Waals surface area contributed by atoms with E-state index in [9.17, 15) is 0 Å². The van der Waals surface area contributed by atoms with Crippen LogP contribution in [0.5, 0.6) is 0 Å². The van der Waals surface area contributed by atoms with Crippen molar-refractivity contribution in [1.82, 2.24) is 0 Å². The van der Waals surface area contributed by atoms with Crippen molar-refractivity contribution < 1.29 is 17.1 Å². The minimum atomic E-state index is 0. The van der Waals surface area contributed by atoms with E-state index < -0.39 is 0 Å². The van der Waals surface area contributed by atoms with Gasteiger partial charge in [-0.25, -0.2) is 0 Å². The van der Waals surface area contributed by atoms with Gasteiger partial charge in [0.25, 0.3) is 0 Å². The molecule has 27 heavy (non-hydrogen) atoms. The zero-order valence-electron chi connectivity index (χ0n) is 18.7. The van der Waals surface area contributed by atoms with Crippen molar-refractivity contribution in [2.75, 3.05) is 11.5 Å². The van der Waals surface area contributed by atoms with Crippen LogP contribution in [0.15, 0.2) is 0 Å². The summed E-state index contributed by atoms with van der Waals surface area (Å²) in [5, 5.41) is 0. The molecule has 0 aromatic rings. The van der Waals surface area contributed by atoms with E-state index in [-0.39, 0.29) is 17.1 Å². The van der Waals surface area contributed by atoms with Gasteiger partial charge in [0, 0.05) is 0 Å². The Morgan fingerprint density at radius 3 is 0.704 bits per heavy atom. The predicted molar refractivity (Wildman–Crippen MR) is 128 cm³/mol. The largest absolute Gasteiger partial charge is 2.00 e. The summed E-state index contributed by atoms with van der Waals surface area (Å²) in [5.41, 5.74) is 0. The molecule has 0 spiro atoms. The second-order valence-electron chi connectivity index (χ2n) is 7.77. The SMILES string of the molecule is CCCCCCCCCCCC[S-].CCCCCCCCCCCC[S-].[Fe+2]. The van der Waals surface area contributed by atoms with Gasteiger partial charge in [-0.1, -0.05) is 142 Å². The van der Waals surface area contributed by atoms with Crippen molar-refractivity contribution in [3.63, 3.8) is 0 Å². The van der Waals surface area contributed by atoms with Crippen LogP contribution in [0.1, 0.15) is 142 Å². The maximum atomic E-state index is 4.90. The number of rotatable bonds is 20. The van der Waals surface area contributed by atoms with Gasteiger partial charge in [-0.2, -0.15) is 11.5 Å². The Labute approximate surface area is 195 Å². The first kappa shape index (κ1) is 32.9. The van der Waals surface area contributed by atoms with Crippen LogP contribution < -0.4 is 0 Å². The smallest absolute Gasteiger partial charge is 0.793 e. The molecular weight excluding hydrogens is 408 g/mol. The van der Waals surface area contributed by atoms with Gasteiger partial charge in [-0.05, 0) is 0 Å². The Balaban J connectivity index is -0.000000411. The Bertz CT molecular complexity index is 171. The first-order valence-electron chi connectivity index (χ1n) is 12.0. The fourth-order valence-corrected chi connectivity index (χ4v) is 3.59. The van der Waals surface area contributed by atoms with Gasteiger partial charge in [0.15, 0.2) is 0 Å². The standard InChI is InChI=1S/2C12H26S.Fe/c2*1-2-3-4-5-6-7-8-9-10-11-12-13;/h2*13H,2-12H2,1H3;/q;;+2/p-2. The molecule has 0 radical (unpaired) electrons. The minimum Gasteiger partial charge on any atom is -0.793 e. The molecule has 0 atom stereocenters. The fourth-order valence-electron chi connectivity index (χ4n) is 3.18. The molecule has 0 saturated heterocycles. The summed E-state index contributed by atoms with van der Waals surface area (Å²) < 4.78 is 0. The maximum absolute atomic E-state index is 4.90. The third-order valence-electron chi connectivity index (χ3n) is 5.00. The maximum Gasteiger partial charge on any atom is 2.00 e. The average molecular weight is 459 g/mol. The van der Waals surface area contributed by atoms with Crippen molar-refractivity contribution in [3.05, 3.63) is 0 Å². The van der Waals surface area contributed by atoms with Crippen LogP contribution >= 0.6 is 0 Å². The Hall–Kier alpha value is 1.22. The minimum absolute atomic E-state index is 0. The molecule has 0 bridgehead atoms. The Kier molecular flexibility index (Phi) is 42.3. The Morgan fingerprint density at radius 2 is 0.519 bits per heavy atom. The van der Waals surface area contributed by atoms with Crippen molar-refractivity contribution in [3.8, 4) is 0 Å². The van der Waals surface area contributed by atoms with Gasteiger partial charge in [0.05, 0.1) is 0 Å². The normalized spacial score (nSPS) is 10.2. The zero-order valence-corrected chi connectivity index (χ0v) is 21.5. The third-order valence-corrected chi connectivity index (χ3v) is 5.57. The summed E-state index contributed by atoms with van der Waals surface area (Å²) in [5.74, 6) is 1.91. The molecule has 0 saturated carbocycles. The molecule has 166 valence electrons. The first-order valence-corrected chi connectivity index (χ1v) is 13.1. The topological polar surface area (TPSA) is 0 Å². The van der Waals surface area contributed by atoms with E-state index in [2.05, 4.69) is 13.8 Å². The monoisotopic (exact) mass is 458 g/mol.